The molecule has 2 saturated heterocycles. The number of carbonyl (C=O) groups is 7. The number of hydrogen-bond donors (Lipinski definition) is 0. The third-order valence-corrected chi connectivity index (χ3v) is 5.84. The van der Waals surface area contributed by atoms with Crippen molar-refractivity contribution in [2.75, 3.05) is 6.61 Å². The van der Waals surface area contributed by atoms with Crippen molar-refractivity contribution >= 4 is 41.8 Å². The van der Waals surface area contributed by atoms with Crippen LogP contribution in [0.25, 0.3) is 0 Å². The zero-order valence-corrected chi connectivity index (χ0v) is 24.9. The van der Waals surface area contributed by atoms with Gasteiger partial charge in [0.2, 0.25) is 12.4 Å². The molecule has 2 rings (SSSR count). The van der Waals surface area contributed by atoms with E-state index in [1.54, 1.807) is 0 Å². The predicted molar refractivity (Wildman–Crippen MR) is 134 cm³/mol. The highest BCUT2D eigenvalue weighted by Crippen LogP contribution is 2.33. The summed E-state index contributed by atoms with van der Waals surface area (Å²) in [5.41, 5.74) is 0. The highest BCUT2D eigenvalue weighted by molar-refractivity contribution is 5.70. The summed E-state index contributed by atoms with van der Waals surface area (Å²) < 4.78 is 54.5. The summed E-state index contributed by atoms with van der Waals surface area (Å²) in [5, 5.41) is 0. The van der Waals surface area contributed by atoms with Gasteiger partial charge in [-0.3, -0.25) is 33.6 Å². The van der Waals surface area contributed by atoms with Gasteiger partial charge in [-0.05, 0) is 6.92 Å². The Bertz CT molecular complexity index is 1070. The van der Waals surface area contributed by atoms with Gasteiger partial charge in [-0.1, -0.05) is 0 Å². The van der Waals surface area contributed by atoms with Crippen LogP contribution in [0.5, 0.6) is 0 Å². The van der Waals surface area contributed by atoms with E-state index in [4.69, 9.17) is 47.4 Å². The maximum atomic E-state index is 12.0. The monoisotopic (exact) mass is 620 g/mol. The van der Waals surface area contributed by atoms with Crippen molar-refractivity contribution in [1.29, 1.82) is 0 Å². The van der Waals surface area contributed by atoms with E-state index >= 15 is 0 Å². The molecule has 242 valence electrons. The third kappa shape index (κ3) is 10.4. The summed E-state index contributed by atoms with van der Waals surface area (Å²) in [4.78, 5) is 83.4. The molecule has 17 heteroatoms. The first kappa shape index (κ1) is 35.4. The van der Waals surface area contributed by atoms with Gasteiger partial charge < -0.3 is 47.4 Å². The summed E-state index contributed by atoms with van der Waals surface area (Å²) in [5.74, 6) is -5.75. The minimum Gasteiger partial charge on any atom is -0.456 e. The van der Waals surface area contributed by atoms with Crippen LogP contribution in [0.3, 0.4) is 0 Å². The molecular weight excluding hydrogens is 584 g/mol. The van der Waals surface area contributed by atoms with Crippen molar-refractivity contribution in [3.05, 3.63) is 0 Å². The summed E-state index contributed by atoms with van der Waals surface area (Å²) in [6.45, 7) is 8.41. The maximum absolute atomic E-state index is 12.0. The molecule has 0 N–H and O–H groups in total. The first-order chi connectivity index (χ1) is 20.0. The van der Waals surface area contributed by atoms with E-state index in [1.165, 1.54) is 6.92 Å². The lowest BCUT2D eigenvalue weighted by molar-refractivity contribution is -0.327. The normalized spacial score (nSPS) is 31.9. The van der Waals surface area contributed by atoms with Crippen LogP contribution in [0.4, 0.5) is 0 Å². The zero-order valence-electron chi connectivity index (χ0n) is 24.9. The van der Waals surface area contributed by atoms with E-state index in [-0.39, 0.29) is 0 Å². The highest BCUT2D eigenvalue weighted by Gasteiger charge is 2.55. The average molecular weight is 621 g/mol. The molecule has 2 aliphatic rings. The molecule has 0 spiro atoms. The van der Waals surface area contributed by atoms with E-state index in [0.29, 0.717) is 0 Å². The lowest BCUT2D eigenvalue weighted by atomic mass is 9.97. The Kier molecular flexibility index (Phi) is 12.8. The Morgan fingerprint density at radius 2 is 0.791 bits per heavy atom. The van der Waals surface area contributed by atoms with E-state index in [2.05, 4.69) is 0 Å². The lowest BCUT2D eigenvalue weighted by Gasteiger charge is -2.45. The van der Waals surface area contributed by atoms with Gasteiger partial charge in [0.15, 0.2) is 36.8 Å². The highest BCUT2D eigenvalue weighted by atomic mass is 16.8. The van der Waals surface area contributed by atoms with Gasteiger partial charge in [-0.15, -0.1) is 0 Å². The van der Waals surface area contributed by atoms with Crippen molar-refractivity contribution in [2.24, 2.45) is 0 Å². The Hall–Kier alpha value is -3.83. The maximum Gasteiger partial charge on any atom is 0.305 e. The minimum absolute atomic E-state index is 0.569. The zero-order chi connectivity index (χ0) is 32.6. The van der Waals surface area contributed by atoms with E-state index < -0.39 is 110 Å². The average Bonchev–Trinajstić information content (AvgIpc) is 2.84. The molecular formula is C26H36O17. The second-order valence-electron chi connectivity index (χ2n) is 9.64. The van der Waals surface area contributed by atoms with Crippen molar-refractivity contribution in [3.8, 4) is 0 Å². The third-order valence-electron chi connectivity index (χ3n) is 5.84. The number of ether oxygens (including phenoxy) is 10. The Morgan fingerprint density at radius 1 is 0.442 bits per heavy atom. The summed E-state index contributed by atoms with van der Waals surface area (Å²) >= 11 is 0. The molecule has 0 aliphatic carbocycles. The largest absolute Gasteiger partial charge is 0.456 e. The van der Waals surface area contributed by atoms with Crippen molar-refractivity contribution in [2.45, 2.75) is 117 Å². The molecule has 2 aliphatic heterocycles. The van der Waals surface area contributed by atoms with Gasteiger partial charge in [0, 0.05) is 48.5 Å². The molecule has 0 radical (unpaired) electrons. The summed E-state index contributed by atoms with van der Waals surface area (Å²) in [6, 6.07) is 0. The molecule has 0 bridgehead atoms. The smallest absolute Gasteiger partial charge is 0.305 e. The Morgan fingerprint density at radius 3 is 1.23 bits per heavy atom. The van der Waals surface area contributed by atoms with Gasteiger partial charge in [0.1, 0.15) is 6.10 Å². The quantitative estimate of drug-likeness (QED) is 0.225. The molecule has 0 saturated carbocycles. The van der Waals surface area contributed by atoms with E-state index in [0.717, 1.165) is 48.5 Å². The van der Waals surface area contributed by atoms with Gasteiger partial charge in [0.05, 0.1) is 12.7 Å². The van der Waals surface area contributed by atoms with Gasteiger partial charge in [-0.2, -0.15) is 0 Å². The topological polar surface area (TPSA) is 212 Å². The molecule has 43 heavy (non-hydrogen) atoms. The van der Waals surface area contributed by atoms with Crippen LogP contribution in [0, 0.1) is 0 Å². The molecule has 6 unspecified atom stereocenters. The lowest BCUT2D eigenvalue weighted by Crippen LogP contribution is -2.64. The molecule has 2 heterocycles. The van der Waals surface area contributed by atoms with Gasteiger partial charge in [-0.25, -0.2) is 0 Å². The SMILES string of the molecule is CC(=O)OC1C(OC(C)=O)[C@H](OC(C)=O)C(CO[C@@H]2OC(C)[C@H](OC(C)=O)C(OC(C)=O)C2OC(C)=O)O[C@H]1OC(C)=O. The molecule has 0 aromatic heterocycles. The van der Waals surface area contributed by atoms with Crippen molar-refractivity contribution in [3.63, 3.8) is 0 Å². The second-order valence-corrected chi connectivity index (χ2v) is 9.64. The van der Waals surface area contributed by atoms with E-state index in [9.17, 15) is 33.6 Å². The molecule has 17 nitrogen and oxygen atoms in total. The predicted octanol–water partition coefficient (Wildman–Crippen LogP) is -0.374. The van der Waals surface area contributed by atoms with Crippen LogP contribution in [-0.2, 0) is 80.9 Å². The Labute approximate surface area is 246 Å². The van der Waals surface area contributed by atoms with Crippen LogP contribution in [0.15, 0.2) is 0 Å². The van der Waals surface area contributed by atoms with Gasteiger partial charge in [0.25, 0.3) is 0 Å². The number of carbonyl (C=O) groups excluding carboxylic acids is 7. The summed E-state index contributed by atoms with van der Waals surface area (Å²) in [6.07, 6.45) is -14.1. The standard InChI is InChI=1S/C26H36O17/c1-10-19(36-11(2)27)21(38-13(4)29)23(40-15(6)31)25(35-10)34-9-18-20(37-12(3)28)22(39-14(5)30)24(41-16(7)32)26(43-18)42-17(8)33/h10,18-26H,9H2,1-8H3/t10?,18?,19-,20+,21?,22?,23?,24?,25+,26+/m0/s1. The first-order valence-corrected chi connectivity index (χ1v) is 13.1. The molecule has 2 fully saturated rings. The first-order valence-electron chi connectivity index (χ1n) is 13.1. The van der Waals surface area contributed by atoms with Crippen LogP contribution in [0.2, 0.25) is 0 Å². The van der Waals surface area contributed by atoms with Crippen LogP contribution in [-0.4, -0.2) is 110 Å². The van der Waals surface area contributed by atoms with Crippen molar-refractivity contribution in [1.82, 2.24) is 0 Å². The molecule has 0 aromatic carbocycles. The Balaban J connectivity index is 2.47. The molecule has 10 atom stereocenters. The minimum atomic E-state index is -1.65. The number of esters is 7. The second kappa shape index (κ2) is 15.6. The number of rotatable bonds is 10. The fourth-order valence-corrected chi connectivity index (χ4v) is 4.54. The summed E-state index contributed by atoms with van der Waals surface area (Å²) in [7, 11) is 0. The van der Waals surface area contributed by atoms with Gasteiger partial charge >= 0.3 is 41.8 Å². The molecule has 0 aromatic rings. The molecule has 0 amide bonds. The van der Waals surface area contributed by atoms with Crippen molar-refractivity contribution < 1.29 is 80.9 Å². The van der Waals surface area contributed by atoms with Crippen LogP contribution < -0.4 is 0 Å². The number of hydrogen-bond acceptors (Lipinski definition) is 17. The fourth-order valence-electron chi connectivity index (χ4n) is 4.54. The van der Waals surface area contributed by atoms with Crippen LogP contribution in [0.1, 0.15) is 55.4 Å². The van der Waals surface area contributed by atoms with E-state index in [1.807, 2.05) is 0 Å². The fraction of sp³-hybridized carbons (Fsp3) is 0.731. The van der Waals surface area contributed by atoms with Crippen LogP contribution >= 0.6 is 0 Å².